The first-order valence-electron chi connectivity index (χ1n) is 12.1. The van der Waals surface area contributed by atoms with E-state index in [0.717, 1.165) is 57.4 Å². The summed E-state index contributed by atoms with van der Waals surface area (Å²) >= 11 is 0. The average molecular weight is 487 g/mol. The molecule has 0 N–H and O–H groups in total. The molecule has 0 amide bonds. The fourth-order valence-corrected chi connectivity index (χ4v) is 5.49. The van der Waals surface area contributed by atoms with Crippen LogP contribution in [0, 0.1) is 18.7 Å². The summed E-state index contributed by atoms with van der Waals surface area (Å²) in [5, 5.41) is 9.32. The van der Waals surface area contributed by atoms with Crippen LogP contribution in [0.4, 0.5) is 4.39 Å². The molecule has 0 spiro atoms. The molecule has 0 bridgehead atoms. The molecule has 4 aromatic heterocycles. The SMILES string of the molecule is COc1ccc2c3ncc(-c4c(C)nnn4C)cc3n(C(c3cccc(F)c3)C3CCOCC3)c2n1. The highest BCUT2D eigenvalue weighted by Gasteiger charge is 2.31. The number of fused-ring (bicyclic) bond motifs is 3. The van der Waals surface area contributed by atoms with Crippen molar-refractivity contribution in [1.82, 2.24) is 29.5 Å². The molecule has 9 heteroatoms. The molecule has 1 aliphatic rings. The Kier molecular flexibility index (Phi) is 5.64. The minimum absolute atomic E-state index is 0.160. The first-order chi connectivity index (χ1) is 17.5. The van der Waals surface area contributed by atoms with Gasteiger partial charge >= 0.3 is 0 Å². The van der Waals surface area contributed by atoms with Gasteiger partial charge in [0.2, 0.25) is 5.88 Å². The van der Waals surface area contributed by atoms with E-state index >= 15 is 0 Å². The van der Waals surface area contributed by atoms with E-state index < -0.39 is 0 Å². The van der Waals surface area contributed by atoms with Gasteiger partial charge in [0.05, 0.1) is 35.6 Å². The highest BCUT2D eigenvalue weighted by molar-refractivity contribution is 6.05. The Morgan fingerprint density at radius 3 is 2.69 bits per heavy atom. The molecule has 6 rings (SSSR count). The number of methoxy groups -OCH3 is 1. The summed E-state index contributed by atoms with van der Waals surface area (Å²) in [6.07, 6.45) is 3.59. The van der Waals surface area contributed by atoms with Crippen molar-refractivity contribution in [1.29, 1.82) is 0 Å². The third-order valence-electron chi connectivity index (χ3n) is 7.12. The van der Waals surface area contributed by atoms with Crippen molar-refractivity contribution in [2.45, 2.75) is 25.8 Å². The molecule has 1 aliphatic heterocycles. The number of halogens is 1. The standard InChI is InChI=1S/C27H27FN6O2/c1-16-25(33(2)32-31-16)19-14-22-24(29-15-19)21-7-8-23(35-3)30-27(21)34(22)26(17-9-11-36-12-10-17)18-5-4-6-20(28)13-18/h4-8,13-15,17,26H,9-12H2,1-3H3. The van der Waals surface area contributed by atoms with Gasteiger partial charge in [-0.3, -0.25) is 4.98 Å². The van der Waals surface area contributed by atoms with Crippen LogP contribution in [-0.4, -0.2) is 49.9 Å². The molecule has 1 atom stereocenters. The van der Waals surface area contributed by atoms with Crippen LogP contribution in [0.2, 0.25) is 0 Å². The van der Waals surface area contributed by atoms with Crippen molar-refractivity contribution in [3.8, 4) is 17.1 Å². The quantitative estimate of drug-likeness (QED) is 0.353. The zero-order valence-corrected chi connectivity index (χ0v) is 20.5. The van der Waals surface area contributed by atoms with Gasteiger partial charge in [-0.2, -0.15) is 4.98 Å². The van der Waals surface area contributed by atoms with E-state index in [1.807, 2.05) is 38.4 Å². The van der Waals surface area contributed by atoms with Crippen LogP contribution in [0.1, 0.15) is 30.1 Å². The van der Waals surface area contributed by atoms with Crippen LogP contribution in [0.15, 0.2) is 48.7 Å². The molecular formula is C27H27FN6O2. The largest absolute Gasteiger partial charge is 0.481 e. The van der Waals surface area contributed by atoms with Crippen molar-refractivity contribution in [2.75, 3.05) is 20.3 Å². The molecule has 184 valence electrons. The predicted molar refractivity (Wildman–Crippen MR) is 134 cm³/mol. The van der Waals surface area contributed by atoms with Gasteiger partial charge in [0.25, 0.3) is 0 Å². The predicted octanol–water partition coefficient (Wildman–Crippen LogP) is 4.85. The Morgan fingerprint density at radius 1 is 1.14 bits per heavy atom. The van der Waals surface area contributed by atoms with E-state index in [1.54, 1.807) is 23.9 Å². The molecule has 8 nitrogen and oxygen atoms in total. The van der Waals surface area contributed by atoms with Crippen LogP contribution in [0.5, 0.6) is 5.88 Å². The highest BCUT2D eigenvalue weighted by Crippen LogP contribution is 2.41. The van der Waals surface area contributed by atoms with Crippen LogP contribution in [-0.2, 0) is 11.8 Å². The van der Waals surface area contributed by atoms with Crippen molar-refractivity contribution in [3.05, 3.63) is 65.7 Å². The topological polar surface area (TPSA) is 79.9 Å². The maximum absolute atomic E-state index is 14.5. The summed E-state index contributed by atoms with van der Waals surface area (Å²) in [6.45, 7) is 3.29. The van der Waals surface area contributed by atoms with E-state index in [2.05, 4.69) is 20.9 Å². The number of rotatable bonds is 5. The van der Waals surface area contributed by atoms with Gasteiger partial charge in [0.1, 0.15) is 11.5 Å². The highest BCUT2D eigenvalue weighted by atomic mass is 19.1. The number of nitrogens with zero attached hydrogens (tertiary/aromatic N) is 6. The molecule has 1 fully saturated rings. The summed E-state index contributed by atoms with van der Waals surface area (Å²) in [5.41, 5.74) is 6.05. The van der Waals surface area contributed by atoms with Crippen molar-refractivity contribution >= 4 is 22.1 Å². The summed E-state index contributed by atoms with van der Waals surface area (Å²) in [4.78, 5) is 9.76. The Balaban J connectivity index is 1.68. The monoisotopic (exact) mass is 486 g/mol. The van der Waals surface area contributed by atoms with Gasteiger partial charge in [-0.05, 0) is 55.5 Å². The van der Waals surface area contributed by atoms with E-state index in [4.69, 9.17) is 19.4 Å². The molecule has 0 saturated carbocycles. The van der Waals surface area contributed by atoms with Gasteiger partial charge in [0.15, 0.2) is 0 Å². The van der Waals surface area contributed by atoms with Gasteiger partial charge < -0.3 is 14.0 Å². The lowest BCUT2D eigenvalue weighted by molar-refractivity contribution is 0.0552. The Morgan fingerprint density at radius 2 is 1.97 bits per heavy atom. The normalized spacial score (nSPS) is 15.6. The van der Waals surface area contributed by atoms with E-state index in [-0.39, 0.29) is 17.8 Å². The van der Waals surface area contributed by atoms with Crippen LogP contribution >= 0.6 is 0 Å². The third kappa shape index (κ3) is 3.71. The van der Waals surface area contributed by atoms with Gasteiger partial charge in [-0.25, -0.2) is 9.07 Å². The number of pyridine rings is 2. The second-order valence-corrected chi connectivity index (χ2v) is 9.28. The molecule has 1 unspecified atom stereocenters. The lowest BCUT2D eigenvalue weighted by Crippen LogP contribution is -2.27. The number of aromatic nitrogens is 6. The number of ether oxygens (including phenoxy) is 2. The summed E-state index contributed by atoms with van der Waals surface area (Å²) in [6, 6.07) is 12.7. The number of aryl methyl sites for hydroxylation is 2. The fourth-order valence-electron chi connectivity index (χ4n) is 5.49. The second-order valence-electron chi connectivity index (χ2n) is 9.28. The van der Waals surface area contributed by atoms with Crippen molar-refractivity contribution in [3.63, 3.8) is 0 Å². The third-order valence-corrected chi connectivity index (χ3v) is 7.12. The van der Waals surface area contributed by atoms with Gasteiger partial charge in [-0.15, -0.1) is 5.10 Å². The lowest BCUT2D eigenvalue weighted by Gasteiger charge is -2.32. The van der Waals surface area contributed by atoms with Gasteiger partial charge in [0, 0.05) is 43.5 Å². The molecule has 5 aromatic rings. The number of hydrogen-bond acceptors (Lipinski definition) is 6. The van der Waals surface area contributed by atoms with E-state index in [9.17, 15) is 4.39 Å². The molecule has 0 radical (unpaired) electrons. The van der Waals surface area contributed by atoms with Crippen LogP contribution in [0.3, 0.4) is 0 Å². The number of hydrogen-bond donors (Lipinski definition) is 0. The Labute approximate surface area is 207 Å². The molecule has 1 saturated heterocycles. The minimum Gasteiger partial charge on any atom is -0.481 e. The molecule has 1 aromatic carbocycles. The first kappa shape index (κ1) is 22.6. The number of benzene rings is 1. The second kappa shape index (κ2) is 8.98. The molecular weight excluding hydrogens is 459 g/mol. The van der Waals surface area contributed by atoms with Gasteiger partial charge in [-0.1, -0.05) is 17.3 Å². The molecule has 0 aliphatic carbocycles. The van der Waals surface area contributed by atoms with E-state index in [0.29, 0.717) is 19.1 Å². The maximum atomic E-state index is 14.5. The first-order valence-corrected chi connectivity index (χ1v) is 12.1. The minimum atomic E-state index is -0.258. The zero-order valence-electron chi connectivity index (χ0n) is 20.5. The van der Waals surface area contributed by atoms with Crippen LogP contribution in [0.25, 0.3) is 33.3 Å². The summed E-state index contributed by atoms with van der Waals surface area (Å²) < 4.78 is 29.7. The lowest BCUT2D eigenvalue weighted by atomic mass is 9.86. The Hall–Kier alpha value is -3.85. The van der Waals surface area contributed by atoms with Crippen LogP contribution < -0.4 is 4.74 Å². The smallest absolute Gasteiger partial charge is 0.214 e. The summed E-state index contributed by atoms with van der Waals surface area (Å²) in [5.74, 6) is 0.491. The maximum Gasteiger partial charge on any atom is 0.214 e. The van der Waals surface area contributed by atoms with Crippen molar-refractivity contribution in [2.24, 2.45) is 13.0 Å². The van der Waals surface area contributed by atoms with E-state index in [1.165, 1.54) is 6.07 Å². The fraction of sp³-hybridized carbons (Fsp3) is 0.333. The van der Waals surface area contributed by atoms with Crippen molar-refractivity contribution < 1.29 is 13.9 Å². The average Bonchev–Trinajstić information content (AvgIpc) is 3.40. The Bertz CT molecular complexity index is 1550. The molecule has 36 heavy (non-hydrogen) atoms. The summed E-state index contributed by atoms with van der Waals surface area (Å²) in [7, 11) is 3.48. The molecule has 5 heterocycles. The zero-order chi connectivity index (χ0) is 24.8.